The van der Waals surface area contributed by atoms with Crippen molar-refractivity contribution in [1.82, 2.24) is 4.98 Å². The smallest absolute Gasteiger partial charge is 0.0960 e. The molecule has 0 amide bonds. The molecule has 2 aromatic rings. The lowest BCUT2D eigenvalue weighted by molar-refractivity contribution is 1.48. The number of anilines is 1. The van der Waals surface area contributed by atoms with Gasteiger partial charge in [0.2, 0.25) is 0 Å². The normalized spacial score (nSPS) is 11.5. The quantitative estimate of drug-likeness (QED) is 0.701. The van der Waals surface area contributed by atoms with Crippen molar-refractivity contribution in [3.05, 3.63) is 23.7 Å². The molecule has 2 rings (SSSR count). The number of aromatic nitrogens is 1. The zero-order valence-corrected chi connectivity index (χ0v) is 6.90. The Hall–Kier alpha value is -1.09. The summed E-state index contributed by atoms with van der Waals surface area (Å²) in [6, 6.07) is 5.92. The highest BCUT2D eigenvalue weighted by Crippen LogP contribution is 2.20. The zero-order valence-electron chi connectivity index (χ0n) is 7.09. The van der Waals surface area contributed by atoms with Crippen LogP contribution in [0.2, 0.25) is 0 Å². The average molecular weight is 165 g/mol. The molecule has 0 fully saturated rings. The summed E-state index contributed by atoms with van der Waals surface area (Å²) in [5.74, 6) is 0. The van der Waals surface area contributed by atoms with Crippen molar-refractivity contribution in [2.75, 3.05) is 12.4 Å². The third kappa shape index (κ3) is 1.07. The summed E-state index contributed by atoms with van der Waals surface area (Å²) in [6.45, 7) is 0. The first-order valence-corrected chi connectivity index (χ1v) is 4.16. The molecule has 56 valence electrons. The van der Waals surface area contributed by atoms with E-state index in [1.54, 1.807) is 0 Å². The number of fused-ring (bicyclic) bond motifs is 1. The molecule has 0 aliphatic rings. The maximum Gasteiger partial charge on any atom is 0.0960 e. The van der Waals surface area contributed by atoms with Crippen LogP contribution in [0.15, 0.2) is 23.7 Å². The summed E-state index contributed by atoms with van der Waals surface area (Å²) >= 11 is 1.40. The van der Waals surface area contributed by atoms with Gasteiger partial charge in [-0.2, -0.15) is 0 Å². The molecule has 0 bridgehead atoms. The molecule has 3 heteroatoms. The van der Waals surface area contributed by atoms with Crippen LogP contribution in [0.25, 0.3) is 10.2 Å². The highest BCUT2D eigenvalue weighted by molar-refractivity contribution is 7.16. The first-order valence-electron chi connectivity index (χ1n) is 3.84. The molecule has 0 saturated carbocycles. The second-order valence-electron chi connectivity index (χ2n) is 2.24. The van der Waals surface area contributed by atoms with Crippen LogP contribution in [-0.2, 0) is 0 Å². The fourth-order valence-electron chi connectivity index (χ4n) is 0.968. The fourth-order valence-corrected chi connectivity index (χ4v) is 1.56. The first kappa shape index (κ1) is 5.55. The van der Waals surface area contributed by atoms with Crippen molar-refractivity contribution < 1.29 is 1.37 Å². The standard InChI is InChI=1S/C8H8N2S/c1-9-6-2-3-8-7(4-6)10-5-11-8/h2-5,9H,1H3/i5D. The van der Waals surface area contributed by atoms with E-state index in [0.717, 1.165) is 15.9 Å². The summed E-state index contributed by atoms with van der Waals surface area (Å²) in [6.07, 6.45) is 0. The van der Waals surface area contributed by atoms with Gasteiger partial charge in [-0.25, -0.2) is 4.98 Å². The van der Waals surface area contributed by atoms with Crippen LogP contribution in [0.3, 0.4) is 0 Å². The summed E-state index contributed by atoms with van der Waals surface area (Å²) in [4.78, 5) is 4.07. The molecule has 1 heterocycles. The Kier molecular flexibility index (Phi) is 1.26. The van der Waals surface area contributed by atoms with E-state index in [9.17, 15) is 0 Å². The summed E-state index contributed by atoms with van der Waals surface area (Å²) in [5, 5.41) is 3.03. The van der Waals surface area contributed by atoms with E-state index >= 15 is 0 Å². The molecule has 0 atom stereocenters. The van der Waals surface area contributed by atoms with Gasteiger partial charge in [-0.05, 0) is 18.2 Å². The molecular formula is C8H8N2S. The lowest BCUT2D eigenvalue weighted by Crippen LogP contribution is -1.85. The Balaban J connectivity index is 2.66. The molecule has 1 aromatic carbocycles. The van der Waals surface area contributed by atoms with Crippen LogP contribution in [0.4, 0.5) is 5.69 Å². The topological polar surface area (TPSA) is 24.9 Å². The van der Waals surface area contributed by atoms with E-state index in [0.29, 0.717) is 5.49 Å². The number of hydrogen-bond donors (Lipinski definition) is 1. The summed E-state index contributed by atoms with van der Waals surface area (Å²) < 4.78 is 8.41. The highest BCUT2D eigenvalue weighted by Gasteiger charge is 1.95. The maximum atomic E-state index is 7.34. The minimum atomic E-state index is 0.373. The number of benzene rings is 1. The molecule has 2 nitrogen and oxygen atoms in total. The Morgan fingerprint density at radius 2 is 2.55 bits per heavy atom. The predicted octanol–water partition coefficient (Wildman–Crippen LogP) is 2.34. The molecule has 0 saturated heterocycles. The Bertz CT molecular complexity index is 410. The average Bonchev–Trinajstić information content (AvgIpc) is 2.43. The second kappa shape index (κ2) is 2.51. The molecule has 11 heavy (non-hydrogen) atoms. The van der Waals surface area contributed by atoms with Gasteiger partial charge in [0, 0.05) is 12.7 Å². The van der Waals surface area contributed by atoms with Crippen molar-refractivity contribution in [3.63, 3.8) is 0 Å². The van der Waals surface area contributed by atoms with Crippen LogP contribution < -0.4 is 5.32 Å². The first-order chi connectivity index (χ1) is 5.79. The van der Waals surface area contributed by atoms with Gasteiger partial charge in [-0.1, -0.05) is 0 Å². The van der Waals surface area contributed by atoms with Gasteiger partial charge >= 0.3 is 0 Å². The zero-order chi connectivity index (χ0) is 8.55. The van der Waals surface area contributed by atoms with Crippen LogP contribution in [-0.4, -0.2) is 12.0 Å². The van der Waals surface area contributed by atoms with E-state index in [4.69, 9.17) is 1.37 Å². The molecule has 0 spiro atoms. The number of thiazole rings is 1. The molecular weight excluding hydrogens is 156 g/mol. The Labute approximate surface area is 70.3 Å². The highest BCUT2D eigenvalue weighted by atomic mass is 32.1. The Morgan fingerprint density at radius 3 is 3.36 bits per heavy atom. The van der Waals surface area contributed by atoms with Gasteiger partial charge in [0.25, 0.3) is 0 Å². The van der Waals surface area contributed by atoms with Gasteiger partial charge in [-0.15, -0.1) is 11.3 Å². The van der Waals surface area contributed by atoms with Crippen molar-refractivity contribution in [3.8, 4) is 0 Å². The Morgan fingerprint density at radius 1 is 1.64 bits per heavy atom. The van der Waals surface area contributed by atoms with E-state index < -0.39 is 0 Å². The molecule has 1 aromatic heterocycles. The van der Waals surface area contributed by atoms with Crippen LogP contribution in [0, 0.1) is 0 Å². The monoisotopic (exact) mass is 165 g/mol. The molecule has 0 aliphatic heterocycles. The van der Waals surface area contributed by atoms with E-state index in [-0.39, 0.29) is 0 Å². The third-order valence-electron chi connectivity index (χ3n) is 1.57. The molecule has 0 radical (unpaired) electrons. The van der Waals surface area contributed by atoms with E-state index in [2.05, 4.69) is 10.3 Å². The summed E-state index contributed by atoms with van der Waals surface area (Å²) in [7, 11) is 1.87. The lowest BCUT2D eigenvalue weighted by atomic mass is 10.3. The van der Waals surface area contributed by atoms with Crippen LogP contribution in [0.1, 0.15) is 1.37 Å². The molecule has 0 aliphatic carbocycles. The van der Waals surface area contributed by atoms with Gasteiger partial charge in [-0.3, -0.25) is 0 Å². The lowest BCUT2D eigenvalue weighted by Gasteiger charge is -1.96. The number of rotatable bonds is 1. The number of nitrogens with one attached hydrogen (secondary N) is 1. The van der Waals surface area contributed by atoms with Crippen molar-refractivity contribution in [1.29, 1.82) is 0 Å². The van der Waals surface area contributed by atoms with Crippen LogP contribution in [0.5, 0.6) is 0 Å². The third-order valence-corrected chi connectivity index (χ3v) is 2.32. The maximum absolute atomic E-state index is 7.34. The van der Waals surface area contributed by atoms with Gasteiger partial charge < -0.3 is 5.32 Å². The number of nitrogens with zero attached hydrogens (tertiary/aromatic N) is 1. The minimum absolute atomic E-state index is 0.373. The van der Waals surface area contributed by atoms with Gasteiger partial charge in [0.15, 0.2) is 0 Å². The predicted molar refractivity (Wildman–Crippen MR) is 49.2 cm³/mol. The van der Waals surface area contributed by atoms with E-state index in [1.165, 1.54) is 11.3 Å². The van der Waals surface area contributed by atoms with Gasteiger partial charge in [0.05, 0.1) is 17.1 Å². The van der Waals surface area contributed by atoms with Crippen molar-refractivity contribution in [2.45, 2.75) is 0 Å². The minimum Gasteiger partial charge on any atom is -0.388 e. The molecule has 0 unspecified atom stereocenters. The molecule has 1 N–H and O–H groups in total. The number of hydrogen-bond acceptors (Lipinski definition) is 3. The van der Waals surface area contributed by atoms with Crippen molar-refractivity contribution in [2.24, 2.45) is 0 Å². The van der Waals surface area contributed by atoms with Crippen molar-refractivity contribution >= 4 is 27.2 Å². The van der Waals surface area contributed by atoms with E-state index in [1.807, 2.05) is 25.2 Å². The van der Waals surface area contributed by atoms with Crippen LogP contribution >= 0.6 is 11.3 Å². The largest absolute Gasteiger partial charge is 0.388 e. The van der Waals surface area contributed by atoms with Gasteiger partial charge in [0.1, 0.15) is 0 Å². The summed E-state index contributed by atoms with van der Waals surface area (Å²) in [5.41, 5.74) is 2.31. The fraction of sp³-hybridized carbons (Fsp3) is 0.125. The second-order valence-corrected chi connectivity index (χ2v) is 3.06. The SMILES string of the molecule is [2H]c1nc2cc(NC)ccc2s1.